The number of benzene rings is 2. The molecule has 0 spiro atoms. The van der Waals surface area contributed by atoms with E-state index in [-0.39, 0.29) is 24.2 Å². The molecule has 0 atom stereocenters. The molecule has 2 aliphatic rings. The van der Waals surface area contributed by atoms with Crippen molar-refractivity contribution in [1.29, 1.82) is 0 Å². The Bertz CT molecular complexity index is 1350. The molecule has 9 heteroatoms. The van der Waals surface area contributed by atoms with Crippen molar-refractivity contribution >= 4 is 42.5 Å². The molecule has 3 aromatic rings. The van der Waals surface area contributed by atoms with Crippen LogP contribution >= 0.6 is 23.2 Å². The van der Waals surface area contributed by atoms with Gasteiger partial charge in [-0.15, -0.1) is 0 Å². The summed E-state index contributed by atoms with van der Waals surface area (Å²) in [4.78, 5) is 17.0. The van der Waals surface area contributed by atoms with Crippen LogP contribution in [0, 0.1) is 0 Å². The highest BCUT2D eigenvalue weighted by molar-refractivity contribution is 6.56. The summed E-state index contributed by atoms with van der Waals surface area (Å²) in [5, 5.41) is 3.39. The number of carbonyl (C=O) groups is 1. The van der Waals surface area contributed by atoms with Gasteiger partial charge in [0.15, 0.2) is 0 Å². The highest BCUT2D eigenvalue weighted by atomic mass is 35.5. The third kappa shape index (κ3) is 5.21. The zero-order valence-corrected chi connectivity index (χ0v) is 23.3. The lowest BCUT2D eigenvalue weighted by Gasteiger charge is -2.32. The third-order valence-corrected chi connectivity index (χ3v) is 8.03. The van der Waals surface area contributed by atoms with Crippen molar-refractivity contribution in [1.82, 2.24) is 10.3 Å². The first-order valence-electron chi connectivity index (χ1n) is 12.5. The Balaban J connectivity index is 1.31. The molecule has 1 aliphatic carbocycles. The molecule has 196 valence electrons. The Morgan fingerprint density at radius 3 is 2.13 bits per heavy atom. The lowest BCUT2D eigenvalue weighted by Crippen LogP contribution is -2.41. The van der Waals surface area contributed by atoms with Crippen LogP contribution in [0.2, 0.25) is 10.3 Å². The molecule has 1 amide bonds. The van der Waals surface area contributed by atoms with Gasteiger partial charge in [0.2, 0.25) is 0 Å². The maximum Gasteiger partial charge on any atom is 0.492 e. The molecular weight excluding hydrogens is 522 g/mol. The maximum absolute atomic E-state index is 12.9. The van der Waals surface area contributed by atoms with E-state index < -0.39 is 24.4 Å². The first-order valence-corrected chi connectivity index (χ1v) is 13.3. The molecule has 1 aromatic heterocycles. The van der Waals surface area contributed by atoms with Crippen molar-refractivity contribution in [2.75, 3.05) is 13.2 Å². The van der Waals surface area contributed by atoms with Gasteiger partial charge >= 0.3 is 13.2 Å². The second-order valence-corrected chi connectivity index (χ2v) is 11.2. The Morgan fingerprint density at radius 1 is 0.974 bits per heavy atom. The monoisotopic (exact) mass is 550 g/mol. The summed E-state index contributed by atoms with van der Waals surface area (Å²) in [6.45, 7) is 8.25. The quantitative estimate of drug-likeness (QED) is 0.266. The first-order chi connectivity index (χ1) is 18.1. The number of ether oxygens (including phenoxy) is 1. The summed E-state index contributed by atoms with van der Waals surface area (Å²) >= 11 is 12.3. The predicted octanol–water partition coefficient (Wildman–Crippen LogP) is 6.94. The molecule has 0 saturated carbocycles. The van der Waals surface area contributed by atoms with Crippen LogP contribution in [0.4, 0.5) is 4.79 Å². The molecule has 2 aromatic carbocycles. The molecule has 2 heterocycles. The molecule has 38 heavy (non-hydrogen) atoms. The fourth-order valence-electron chi connectivity index (χ4n) is 4.75. The number of nitrogens with zero attached hydrogens (tertiary/aromatic N) is 1. The van der Waals surface area contributed by atoms with Gasteiger partial charge in [0.05, 0.1) is 11.2 Å². The van der Waals surface area contributed by atoms with Gasteiger partial charge in [-0.3, -0.25) is 0 Å². The number of alkyl carbamates (subject to hydrolysis) is 1. The summed E-state index contributed by atoms with van der Waals surface area (Å²) in [6.07, 6.45) is 1.27. The smallest absolute Gasteiger partial charge is 0.449 e. The number of fused-ring (bicyclic) bond motifs is 3. The van der Waals surface area contributed by atoms with Gasteiger partial charge in [0, 0.05) is 18.0 Å². The van der Waals surface area contributed by atoms with E-state index in [0.29, 0.717) is 16.2 Å². The number of amides is 1. The van der Waals surface area contributed by atoms with Crippen LogP contribution in [0.15, 0.2) is 66.1 Å². The molecule has 1 fully saturated rings. The van der Waals surface area contributed by atoms with Crippen LogP contribution in [0.5, 0.6) is 0 Å². The Kier molecular flexibility index (Phi) is 7.31. The number of halogens is 2. The average molecular weight is 551 g/mol. The summed E-state index contributed by atoms with van der Waals surface area (Å²) in [6, 6.07) is 19.9. The normalized spacial score (nSPS) is 17.7. The Labute approximate surface area is 233 Å². The lowest BCUT2D eigenvalue weighted by atomic mass is 9.77. The summed E-state index contributed by atoms with van der Waals surface area (Å²) < 4.78 is 18.2. The second kappa shape index (κ2) is 10.4. The lowest BCUT2D eigenvalue weighted by molar-refractivity contribution is 0.00578. The molecule has 0 radical (unpaired) electrons. The number of hydrogen-bond donors (Lipinski definition) is 1. The molecular formula is C29H29BCl2N2O4. The molecule has 6 nitrogen and oxygen atoms in total. The summed E-state index contributed by atoms with van der Waals surface area (Å²) in [5.41, 5.74) is 4.87. The number of aromatic nitrogens is 1. The van der Waals surface area contributed by atoms with E-state index in [1.165, 1.54) is 11.1 Å². The topological polar surface area (TPSA) is 69.7 Å². The molecule has 5 rings (SSSR count). The Morgan fingerprint density at radius 2 is 1.55 bits per heavy atom. The van der Waals surface area contributed by atoms with Gasteiger partial charge in [-0.25, -0.2) is 9.78 Å². The van der Waals surface area contributed by atoms with Crippen molar-refractivity contribution in [2.45, 2.75) is 44.8 Å². The molecule has 0 unspecified atom stereocenters. The van der Waals surface area contributed by atoms with Gasteiger partial charge in [0.25, 0.3) is 0 Å². The fraction of sp³-hybridized carbons (Fsp3) is 0.310. The highest BCUT2D eigenvalue weighted by Crippen LogP contribution is 2.44. The highest BCUT2D eigenvalue weighted by Gasteiger charge is 2.52. The standard InChI is InChI=1S/C29H29BCl2N2O4/c1-28(2)29(3,4)38-30(37-28)19(15-18-13-14-25(31)34-26(18)32)16-33-27(35)36-17-24-22-11-7-5-9-20(22)21-10-6-8-12-23(21)24/h5-15,24H,16-17H2,1-4H3,(H,33,35). The van der Waals surface area contributed by atoms with Crippen LogP contribution in [-0.4, -0.2) is 42.5 Å². The number of hydrogen-bond acceptors (Lipinski definition) is 5. The minimum atomic E-state index is -0.694. The fourth-order valence-corrected chi connectivity index (χ4v) is 5.15. The van der Waals surface area contributed by atoms with E-state index in [9.17, 15) is 4.79 Å². The van der Waals surface area contributed by atoms with Crippen LogP contribution in [-0.2, 0) is 14.0 Å². The van der Waals surface area contributed by atoms with E-state index in [1.807, 2.05) is 52.0 Å². The number of rotatable bonds is 6. The van der Waals surface area contributed by atoms with E-state index in [1.54, 1.807) is 18.2 Å². The van der Waals surface area contributed by atoms with Crippen LogP contribution in [0.1, 0.15) is 50.3 Å². The van der Waals surface area contributed by atoms with Gasteiger partial charge in [-0.2, -0.15) is 0 Å². The minimum Gasteiger partial charge on any atom is -0.449 e. The van der Waals surface area contributed by atoms with Crippen molar-refractivity contribution < 1.29 is 18.8 Å². The van der Waals surface area contributed by atoms with E-state index >= 15 is 0 Å². The molecule has 1 saturated heterocycles. The molecule has 0 bridgehead atoms. The number of pyridine rings is 1. The van der Waals surface area contributed by atoms with Gasteiger partial charge < -0.3 is 19.4 Å². The van der Waals surface area contributed by atoms with Crippen molar-refractivity contribution in [3.05, 3.63) is 93.1 Å². The number of nitrogens with one attached hydrogen (secondary N) is 1. The van der Waals surface area contributed by atoms with Crippen LogP contribution in [0.3, 0.4) is 0 Å². The van der Waals surface area contributed by atoms with Crippen molar-refractivity contribution in [2.24, 2.45) is 0 Å². The van der Waals surface area contributed by atoms with Gasteiger partial charge in [0.1, 0.15) is 16.9 Å². The van der Waals surface area contributed by atoms with Crippen molar-refractivity contribution in [3.63, 3.8) is 0 Å². The molecule has 1 aliphatic heterocycles. The van der Waals surface area contributed by atoms with Crippen molar-refractivity contribution in [3.8, 4) is 11.1 Å². The van der Waals surface area contributed by atoms with Crippen LogP contribution in [0.25, 0.3) is 17.2 Å². The SMILES string of the molecule is CC1(C)OB(C(=Cc2ccc(Cl)nc2Cl)CNC(=O)OCC2c3ccccc3-c3ccccc32)OC1(C)C. The average Bonchev–Trinajstić information content (AvgIpc) is 3.30. The Hall–Kier alpha value is -2.84. The molecule has 1 N–H and O–H groups in total. The maximum atomic E-state index is 12.9. The van der Waals surface area contributed by atoms with Crippen LogP contribution < -0.4 is 5.32 Å². The second-order valence-electron chi connectivity index (χ2n) is 10.5. The zero-order valence-electron chi connectivity index (χ0n) is 21.8. The minimum absolute atomic E-state index is 0.0230. The van der Waals surface area contributed by atoms with E-state index in [4.69, 9.17) is 37.2 Å². The van der Waals surface area contributed by atoms with E-state index in [0.717, 1.165) is 11.1 Å². The number of carbonyl (C=O) groups excluding carboxylic acids is 1. The first kappa shape index (κ1) is 26.8. The predicted molar refractivity (Wildman–Crippen MR) is 151 cm³/mol. The van der Waals surface area contributed by atoms with E-state index in [2.05, 4.69) is 34.6 Å². The third-order valence-electron chi connectivity index (χ3n) is 7.52. The largest absolute Gasteiger partial charge is 0.492 e. The van der Waals surface area contributed by atoms with Gasteiger partial charge in [-0.05, 0) is 67.6 Å². The van der Waals surface area contributed by atoms with Gasteiger partial charge in [-0.1, -0.05) is 77.8 Å². The summed E-state index contributed by atoms with van der Waals surface area (Å²) in [7, 11) is -0.694. The zero-order chi connectivity index (χ0) is 27.1. The summed E-state index contributed by atoms with van der Waals surface area (Å²) in [5.74, 6) is -0.0230.